The van der Waals surface area contributed by atoms with Gasteiger partial charge in [0.05, 0.1) is 15.1 Å². The van der Waals surface area contributed by atoms with Crippen LogP contribution in [0.25, 0.3) is 0 Å². The maximum absolute atomic E-state index is 10.8. The zero-order valence-electron chi connectivity index (χ0n) is 11.1. The van der Waals surface area contributed by atoms with Crippen molar-refractivity contribution in [2.45, 2.75) is 13.3 Å². The molecule has 0 spiro atoms. The molecule has 106 valence electrons. The number of nitrogens with zero attached hydrogens (tertiary/aromatic N) is 4. The Kier molecular flexibility index (Phi) is 4.33. The van der Waals surface area contributed by atoms with E-state index < -0.39 is 4.92 Å². The summed E-state index contributed by atoms with van der Waals surface area (Å²) in [5.41, 5.74) is 1.55. The van der Waals surface area contributed by atoms with E-state index in [-0.39, 0.29) is 5.69 Å². The van der Waals surface area contributed by atoms with E-state index in [0.717, 1.165) is 12.1 Å². The number of aromatic nitrogens is 3. The van der Waals surface area contributed by atoms with E-state index in [4.69, 9.17) is 0 Å². The molecule has 1 N–H and O–H groups in total. The molecule has 2 aromatic rings. The summed E-state index contributed by atoms with van der Waals surface area (Å²) in [5.74, 6) is 0.601. The quantitative estimate of drug-likeness (QED) is 0.667. The monoisotopic (exact) mass is 339 g/mol. The third-order valence-electron chi connectivity index (χ3n) is 2.88. The molecule has 8 heteroatoms. The molecule has 2 rings (SSSR count). The third kappa shape index (κ3) is 3.13. The van der Waals surface area contributed by atoms with Gasteiger partial charge >= 0.3 is 0 Å². The van der Waals surface area contributed by atoms with Crippen molar-refractivity contribution in [1.82, 2.24) is 14.8 Å². The molecule has 0 saturated carbocycles. The molecule has 0 aliphatic rings. The summed E-state index contributed by atoms with van der Waals surface area (Å²) >= 11 is 3.34. The smallest absolute Gasteiger partial charge is 0.291 e. The topological polar surface area (TPSA) is 85.9 Å². The Bertz CT molecular complexity index is 641. The van der Waals surface area contributed by atoms with Crippen molar-refractivity contribution in [1.29, 1.82) is 0 Å². The van der Waals surface area contributed by atoms with Gasteiger partial charge in [0, 0.05) is 31.8 Å². The molecule has 7 nitrogen and oxygen atoms in total. The highest BCUT2D eigenvalue weighted by Crippen LogP contribution is 2.30. The standard InChI is InChI=1S/C12H14BrN5O2/c1-8-10(18(19)20)7-15-12(11(8)13)14-5-3-9-4-6-17(2)16-9/h4,6-7H,3,5H2,1-2H3,(H,14,15). The summed E-state index contributed by atoms with van der Waals surface area (Å²) in [6.07, 6.45) is 3.91. The van der Waals surface area contributed by atoms with Crippen LogP contribution in [0.5, 0.6) is 0 Å². The van der Waals surface area contributed by atoms with Crippen molar-refractivity contribution < 1.29 is 4.92 Å². The van der Waals surface area contributed by atoms with Gasteiger partial charge in [0.2, 0.25) is 0 Å². The van der Waals surface area contributed by atoms with E-state index in [9.17, 15) is 10.1 Å². The van der Waals surface area contributed by atoms with Gasteiger partial charge in [-0.05, 0) is 28.9 Å². The summed E-state index contributed by atoms with van der Waals surface area (Å²) in [6, 6.07) is 1.95. The van der Waals surface area contributed by atoms with Crippen molar-refractivity contribution in [2.24, 2.45) is 7.05 Å². The van der Waals surface area contributed by atoms with Gasteiger partial charge in [-0.2, -0.15) is 5.10 Å². The van der Waals surface area contributed by atoms with E-state index in [2.05, 4.69) is 31.3 Å². The molecule has 2 aromatic heterocycles. The molecule has 0 aromatic carbocycles. The van der Waals surface area contributed by atoms with E-state index in [1.807, 2.05) is 19.3 Å². The first-order valence-electron chi connectivity index (χ1n) is 6.01. The van der Waals surface area contributed by atoms with Gasteiger partial charge in [-0.3, -0.25) is 14.8 Å². The molecule has 0 radical (unpaired) electrons. The summed E-state index contributed by atoms with van der Waals surface area (Å²) in [7, 11) is 1.87. The van der Waals surface area contributed by atoms with Gasteiger partial charge in [-0.15, -0.1) is 0 Å². The second-order valence-electron chi connectivity index (χ2n) is 4.35. The first-order chi connectivity index (χ1) is 9.49. The second kappa shape index (κ2) is 6.00. The molecule has 0 amide bonds. The molecule has 2 heterocycles. The molecule has 0 bridgehead atoms. The number of aryl methyl sites for hydroxylation is 1. The van der Waals surface area contributed by atoms with Crippen molar-refractivity contribution in [3.05, 3.63) is 44.3 Å². The van der Waals surface area contributed by atoms with Gasteiger partial charge in [0.1, 0.15) is 12.0 Å². The summed E-state index contributed by atoms with van der Waals surface area (Å²) in [5, 5.41) is 18.2. The number of anilines is 1. The van der Waals surface area contributed by atoms with Crippen molar-refractivity contribution in [3.63, 3.8) is 0 Å². The molecule has 0 saturated heterocycles. The number of hydrogen-bond donors (Lipinski definition) is 1. The fourth-order valence-electron chi connectivity index (χ4n) is 1.78. The van der Waals surface area contributed by atoms with E-state index in [1.54, 1.807) is 11.6 Å². The van der Waals surface area contributed by atoms with Gasteiger partial charge < -0.3 is 5.32 Å². The predicted molar refractivity (Wildman–Crippen MR) is 78.7 cm³/mol. The molecular formula is C12H14BrN5O2. The maximum atomic E-state index is 10.8. The lowest BCUT2D eigenvalue weighted by Gasteiger charge is -2.08. The van der Waals surface area contributed by atoms with Crippen LogP contribution in [0.4, 0.5) is 11.5 Å². The number of nitrogens with one attached hydrogen (secondary N) is 1. The molecule has 0 unspecified atom stereocenters. The van der Waals surface area contributed by atoms with E-state index in [0.29, 0.717) is 22.4 Å². The van der Waals surface area contributed by atoms with Crippen LogP contribution in [0.15, 0.2) is 22.9 Å². The lowest BCUT2D eigenvalue weighted by Crippen LogP contribution is -2.08. The lowest BCUT2D eigenvalue weighted by atomic mass is 10.2. The molecular weight excluding hydrogens is 326 g/mol. The Balaban J connectivity index is 2.03. The minimum Gasteiger partial charge on any atom is -0.369 e. The Morgan fingerprint density at radius 1 is 1.55 bits per heavy atom. The summed E-state index contributed by atoms with van der Waals surface area (Å²) < 4.78 is 2.37. The minimum atomic E-state index is -0.440. The second-order valence-corrected chi connectivity index (χ2v) is 5.14. The fourth-order valence-corrected chi connectivity index (χ4v) is 2.23. The summed E-state index contributed by atoms with van der Waals surface area (Å²) in [4.78, 5) is 14.4. The van der Waals surface area contributed by atoms with Crippen LogP contribution in [0.2, 0.25) is 0 Å². The van der Waals surface area contributed by atoms with Crippen molar-refractivity contribution >= 4 is 27.4 Å². The Morgan fingerprint density at radius 3 is 2.90 bits per heavy atom. The largest absolute Gasteiger partial charge is 0.369 e. The molecule has 0 atom stereocenters. The Morgan fingerprint density at radius 2 is 2.30 bits per heavy atom. The average molecular weight is 340 g/mol. The Hall–Kier alpha value is -1.96. The van der Waals surface area contributed by atoms with Crippen molar-refractivity contribution in [2.75, 3.05) is 11.9 Å². The van der Waals surface area contributed by atoms with E-state index >= 15 is 0 Å². The number of nitro groups is 1. The van der Waals surface area contributed by atoms with Gasteiger partial charge in [-0.1, -0.05) is 0 Å². The predicted octanol–water partition coefficient (Wildman–Crippen LogP) is 2.45. The van der Waals surface area contributed by atoms with Gasteiger partial charge in [-0.25, -0.2) is 4.98 Å². The molecule has 20 heavy (non-hydrogen) atoms. The highest BCUT2D eigenvalue weighted by molar-refractivity contribution is 9.10. The van der Waals surface area contributed by atoms with Crippen LogP contribution in [0.3, 0.4) is 0 Å². The first kappa shape index (κ1) is 14.4. The highest BCUT2D eigenvalue weighted by Gasteiger charge is 2.16. The fraction of sp³-hybridized carbons (Fsp3) is 0.333. The van der Waals surface area contributed by atoms with E-state index in [1.165, 1.54) is 6.20 Å². The van der Waals surface area contributed by atoms with Crippen LogP contribution in [0.1, 0.15) is 11.3 Å². The molecule has 0 aliphatic heterocycles. The van der Waals surface area contributed by atoms with Crippen molar-refractivity contribution in [3.8, 4) is 0 Å². The van der Waals surface area contributed by atoms with Crippen LogP contribution in [-0.2, 0) is 13.5 Å². The molecule has 0 fully saturated rings. The number of hydrogen-bond acceptors (Lipinski definition) is 5. The summed E-state index contributed by atoms with van der Waals surface area (Å²) in [6.45, 7) is 2.34. The maximum Gasteiger partial charge on any atom is 0.291 e. The van der Waals surface area contributed by atoms with Crippen LogP contribution >= 0.6 is 15.9 Å². The highest BCUT2D eigenvalue weighted by atomic mass is 79.9. The lowest BCUT2D eigenvalue weighted by molar-refractivity contribution is -0.385. The molecule has 0 aliphatic carbocycles. The number of pyridine rings is 1. The average Bonchev–Trinajstić information content (AvgIpc) is 2.80. The van der Waals surface area contributed by atoms with Crippen LogP contribution in [-0.4, -0.2) is 26.2 Å². The van der Waals surface area contributed by atoms with Crippen LogP contribution in [0, 0.1) is 17.0 Å². The van der Waals surface area contributed by atoms with Crippen LogP contribution < -0.4 is 5.32 Å². The zero-order valence-corrected chi connectivity index (χ0v) is 12.7. The normalized spacial score (nSPS) is 10.6. The zero-order chi connectivity index (χ0) is 14.7. The number of rotatable bonds is 5. The van der Waals surface area contributed by atoms with Gasteiger partial charge in [0.25, 0.3) is 5.69 Å². The van der Waals surface area contributed by atoms with Gasteiger partial charge in [0.15, 0.2) is 0 Å². The third-order valence-corrected chi connectivity index (χ3v) is 3.85. The SMILES string of the molecule is Cc1c([N+](=O)[O-])cnc(NCCc2ccn(C)n2)c1Br. The minimum absolute atomic E-state index is 0.00662. The first-order valence-corrected chi connectivity index (χ1v) is 6.80. The Labute approximate surface area is 124 Å². The number of halogens is 1.